The third-order valence-electron chi connectivity index (χ3n) is 2.84. The van der Waals surface area contributed by atoms with Crippen molar-refractivity contribution in [1.82, 2.24) is 14.7 Å². The van der Waals surface area contributed by atoms with Crippen LogP contribution in [-0.4, -0.2) is 34.7 Å². The Morgan fingerprint density at radius 3 is 2.48 bits per heavy atom. The Balaban J connectivity index is 2.38. The van der Waals surface area contributed by atoms with Crippen molar-refractivity contribution in [3.05, 3.63) is 41.7 Å². The SMILES string of the molecule is CN(C)C(=O)c1ccc(-n2cc(C(F)(F)F)cn2)c(N)c1. The number of nitrogens with two attached hydrogens (primary N) is 1. The van der Waals surface area contributed by atoms with Gasteiger partial charge in [-0.3, -0.25) is 4.79 Å². The summed E-state index contributed by atoms with van der Waals surface area (Å²) in [6, 6.07) is 4.36. The van der Waals surface area contributed by atoms with Crippen LogP contribution in [0.15, 0.2) is 30.6 Å². The maximum absolute atomic E-state index is 12.5. The quantitative estimate of drug-likeness (QED) is 0.864. The second-order valence-electron chi connectivity index (χ2n) is 4.64. The maximum atomic E-state index is 12.5. The highest BCUT2D eigenvalue weighted by molar-refractivity contribution is 5.95. The average molecular weight is 298 g/mol. The Bertz CT molecular complexity index is 676. The van der Waals surface area contributed by atoms with E-state index in [9.17, 15) is 18.0 Å². The number of benzene rings is 1. The first kappa shape index (κ1) is 14.9. The van der Waals surface area contributed by atoms with E-state index in [4.69, 9.17) is 5.73 Å². The second kappa shape index (κ2) is 5.12. The first-order valence-electron chi connectivity index (χ1n) is 5.93. The molecular weight excluding hydrogens is 285 g/mol. The van der Waals surface area contributed by atoms with Gasteiger partial charge >= 0.3 is 6.18 Å². The number of alkyl halides is 3. The number of rotatable bonds is 2. The number of aromatic nitrogens is 2. The van der Waals surface area contributed by atoms with Gasteiger partial charge in [0.05, 0.1) is 23.1 Å². The monoisotopic (exact) mass is 298 g/mol. The van der Waals surface area contributed by atoms with Crippen LogP contribution in [0.4, 0.5) is 18.9 Å². The molecule has 0 aliphatic rings. The predicted octanol–water partition coefficient (Wildman–Crippen LogP) is 2.18. The van der Waals surface area contributed by atoms with E-state index in [0.717, 1.165) is 17.1 Å². The number of anilines is 1. The minimum Gasteiger partial charge on any atom is -0.397 e. The molecule has 0 unspecified atom stereocenters. The van der Waals surface area contributed by atoms with Gasteiger partial charge in [-0.1, -0.05) is 0 Å². The number of hydrogen-bond acceptors (Lipinski definition) is 3. The van der Waals surface area contributed by atoms with E-state index in [1.807, 2.05) is 0 Å². The Morgan fingerprint density at radius 2 is 2.00 bits per heavy atom. The number of carbonyl (C=O) groups is 1. The smallest absolute Gasteiger partial charge is 0.397 e. The fraction of sp³-hybridized carbons (Fsp3) is 0.231. The molecule has 2 aromatic rings. The van der Waals surface area contributed by atoms with Gasteiger partial charge in [-0.15, -0.1) is 0 Å². The molecule has 8 heteroatoms. The molecule has 0 fully saturated rings. The molecule has 0 radical (unpaired) electrons. The summed E-state index contributed by atoms with van der Waals surface area (Å²) in [5.74, 6) is -0.246. The lowest BCUT2D eigenvalue weighted by Gasteiger charge is -2.12. The summed E-state index contributed by atoms with van der Waals surface area (Å²) >= 11 is 0. The van der Waals surface area contributed by atoms with Gasteiger partial charge in [-0.25, -0.2) is 4.68 Å². The summed E-state index contributed by atoms with van der Waals surface area (Å²) < 4.78 is 38.7. The highest BCUT2D eigenvalue weighted by Crippen LogP contribution is 2.30. The first-order valence-corrected chi connectivity index (χ1v) is 5.93. The van der Waals surface area contributed by atoms with E-state index in [1.165, 1.54) is 23.1 Å². The third kappa shape index (κ3) is 2.99. The third-order valence-corrected chi connectivity index (χ3v) is 2.84. The fourth-order valence-electron chi connectivity index (χ4n) is 1.76. The molecule has 0 saturated heterocycles. The summed E-state index contributed by atoms with van der Waals surface area (Å²) in [4.78, 5) is 13.2. The van der Waals surface area contributed by atoms with E-state index < -0.39 is 11.7 Å². The fourth-order valence-corrected chi connectivity index (χ4v) is 1.76. The van der Waals surface area contributed by atoms with Crippen LogP contribution >= 0.6 is 0 Å². The number of carbonyl (C=O) groups excluding carboxylic acids is 1. The summed E-state index contributed by atoms with van der Waals surface area (Å²) in [5.41, 5.74) is 5.73. The van der Waals surface area contributed by atoms with Crippen molar-refractivity contribution in [2.45, 2.75) is 6.18 Å². The molecule has 2 rings (SSSR count). The normalized spacial score (nSPS) is 11.5. The molecule has 1 amide bonds. The number of halogens is 3. The molecule has 2 N–H and O–H groups in total. The molecule has 0 aliphatic heterocycles. The number of hydrogen-bond donors (Lipinski definition) is 1. The van der Waals surface area contributed by atoms with Crippen molar-refractivity contribution in [3.8, 4) is 5.69 Å². The van der Waals surface area contributed by atoms with Gasteiger partial charge in [-0.2, -0.15) is 18.3 Å². The summed E-state index contributed by atoms with van der Waals surface area (Å²) in [7, 11) is 3.19. The molecule has 1 heterocycles. The standard InChI is InChI=1S/C13H13F3N4O/c1-19(2)12(21)8-3-4-11(10(17)5-8)20-7-9(6-18-20)13(14,15)16/h3-7H,17H2,1-2H3. The molecule has 0 atom stereocenters. The molecule has 5 nitrogen and oxygen atoms in total. The summed E-state index contributed by atoms with van der Waals surface area (Å²) in [6.45, 7) is 0. The van der Waals surface area contributed by atoms with Crippen LogP contribution < -0.4 is 5.73 Å². The summed E-state index contributed by atoms with van der Waals surface area (Å²) in [5, 5.41) is 3.64. The highest BCUT2D eigenvalue weighted by atomic mass is 19.4. The Hall–Kier alpha value is -2.51. The minimum absolute atomic E-state index is 0.166. The van der Waals surface area contributed by atoms with Gasteiger partial charge in [0.1, 0.15) is 0 Å². The van der Waals surface area contributed by atoms with Gasteiger partial charge in [0.2, 0.25) is 0 Å². The van der Waals surface area contributed by atoms with Gasteiger partial charge in [0.25, 0.3) is 5.91 Å². The molecule has 1 aromatic carbocycles. The first-order chi connectivity index (χ1) is 9.70. The lowest BCUT2D eigenvalue weighted by molar-refractivity contribution is -0.137. The van der Waals surface area contributed by atoms with E-state index in [0.29, 0.717) is 5.56 Å². The summed E-state index contributed by atoms with van der Waals surface area (Å²) in [6.07, 6.45) is -2.90. The lowest BCUT2D eigenvalue weighted by atomic mass is 10.1. The van der Waals surface area contributed by atoms with Crippen molar-refractivity contribution in [1.29, 1.82) is 0 Å². The minimum atomic E-state index is -4.46. The molecule has 0 aliphatic carbocycles. The van der Waals surface area contributed by atoms with Crippen molar-refractivity contribution >= 4 is 11.6 Å². The van der Waals surface area contributed by atoms with Crippen LogP contribution in [0.25, 0.3) is 5.69 Å². The van der Waals surface area contributed by atoms with E-state index in [2.05, 4.69) is 5.10 Å². The van der Waals surface area contributed by atoms with Gasteiger partial charge in [-0.05, 0) is 18.2 Å². The molecule has 0 saturated carbocycles. The highest BCUT2D eigenvalue weighted by Gasteiger charge is 2.32. The average Bonchev–Trinajstić information content (AvgIpc) is 2.86. The Labute approximate surface area is 118 Å². The molecule has 1 aromatic heterocycles. The molecule has 0 spiro atoms. The zero-order chi connectivity index (χ0) is 15.8. The Morgan fingerprint density at radius 1 is 1.33 bits per heavy atom. The maximum Gasteiger partial charge on any atom is 0.419 e. The molecular formula is C13H13F3N4O. The predicted molar refractivity (Wildman–Crippen MR) is 71.0 cm³/mol. The lowest BCUT2D eigenvalue weighted by Crippen LogP contribution is -2.21. The van der Waals surface area contributed by atoms with Gasteiger partial charge in [0.15, 0.2) is 0 Å². The largest absolute Gasteiger partial charge is 0.419 e. The van der Waals surface area contributed by atoms with Crippen LogP contribution in [0.2, 0.25) is 0 Å². The van der Waals surface area contributed by atoms with Crippen molar-refractivity contribution in [2.75, 3.05) is 19.8 Å². The van der Waals surface area contributed by atoms with E-state index in [1.54, 1.807) is 14.1 Å². The van der Waals surface area contributed by atoms with Crippen LogP contribution in [-0.2, 0) is 6.18 Å². The van der Waals surface area contributed by atoms with Crippen LogP contribution in [0.5, 0.6) is 0 Å². The van der Waals surface area contributed by atoms with Crippen molar-refractivity contribution in [3.63, 3.8) is 0 Å². The van der Waals surface area contributed by atoms with Gasteiger partial charge < -0.3 is 10.6 Å². The topological polar surface area (TPSA) is 64.2 Å². The van der Waals surface area contributed by atoms with Gasteiger partial charge in [0, 0.05) is 25.9 Å². The van der Waals surface area contributed by atoms with Crippen molar-refractivity contribution < 1.29 is 18.0 Å². The second-order valence-corrected chi connectivity index (χ2v) is 4.64. The van der Waals surface area contributed by atoms with Crippen LogP contribution in [0.3, 0.4) is 0 Å². The van der Waals surface area contributed by atoms with E-state index in [-0.39, 0.29) is 17.3 Å². The molecule has 21 heavy (non-hydrogen) atoms. The number of nitrogen functional groups attached to an aromatic ring is 1. The molecule has 0 bridgehead atoms. The van der Waals surface area contributed by atoms with E-state index >= 15 is 0 Å². The molecule has 112 valence electrons. The Kier molecular flexibility index (Phi) is 3.63. The number of nitrogens with zero attached hydrogens (tertiary/aromatic N) is 3. The zero-order valence-corrected chi connectivity index (χ0v) is 11.3. The zero-order valence-electron chi connectivity index (χ0n) is 11.3. The van der Waals surface area contributed by atoms with Crippen molar-refractivity contribution in [2.24, 2.45) is 0 Å². The number of amides is 1. The van der Waals surface area contributed by atoms with Crippen LogP contribution in [0, 0.1) is 0 Å². The van der Waals surface area contributed by atoms with Crippen LogP contribution in [0.1, 0.15) is 15.9 Å².